The third-order valence-electron chi connectivity index (χ3n) is 7.36. The lowest BCUT2D eigenvalue weighted by molar-refractivity contribution is 0.0920. The number of aromatic nitrogens is 2. The molecule has 4 nitrogen and oxygen atoms in total. The molecule has 1 aromatic heterocycles. The molecular weight excluding hydrogens is 478 g/mol. The molecule has 37 heavy (non-hydrogen) atoms. The molecule has 1 aliphatic rings. The quantitative estimate of drug-likeness (QED) is 0.260. The van der Waals surface area contributed by atoms with Gasteiger partial charge in [-0.3, -0.25) is 4.79 Å². The molecule has 1 amide bonds. The normalized spacial score (nSPS) is 14.7. The molecule has 1 saturated carbocycles. The monoisotopic (exact) mass is 511 g/mol. The van der Waals surface area contributed by atoms with Crippen LogP contribution in [0.3, 0.4) is 0 Å². The molecule has 0 spiro atoms. The maximum atomic E-state index is 13.7. The van der Waals surface area contributed by atoms with Gasteiger partial charge in [-0.2, -0.15) is 0 Å². The molecule has 1 heterocycles. The van der Waals surface area contributed by atoms with E-state index in [1.54, 1.807) is 0 Å². The Bertz CT molecular complexity index is 1360. The van der Waals surface area contributed by atoms with Crippen molar-refractivity contribution in [2.75, 3.05) is 0 Å². The third-order valence-corrected chi connectivity index (χ3v) is 7.59. The first-order valence-corrected chi connectivity index (χ1v) is 13.6. The van der Waals surface area contributed by atoms with Crippen molar-refractivity contribution in [1.29, 1.82) is 0 Å². The fraction of sp³-hybridized carbons (Fsp3) is 0.312. The number of rotatable bonds is 8. The number of carbonyl (C=O) groups is 1. The van der Waals surface area contributed by atoms with Crippen molar-refractivity contribution < 1.29 is 4.79 Å². The summed E-state index contributed by atoms with van der Waals surface area (Å²) in [7, 11) is 0. The summed E-state index contributed by atoms with van der Waals surface area (Å²) < 4.78 is 2.17. The first-order chi connectivity index (χ1) is 18.0. The Balaban J connectivity index is 1.51. The fourth-order valence-corrected chi connectivity index (χ4v) is 5.61. The number of nitrogens with zero attached hydrogens (tertiary/aromatic N) is 2. The molecular formula is C32H34ClN3O. The molecule has 1 N–H and O–H groups in total. The molecule has 1 aliphatic carbocycles. The number of hydrogen-bond acceptors (Lipinski definition) is 2. The number of carbonyl (C=O) groups excluding carboxylic acids is 1. The summed E-state index contributed by atoms with van der Waals surface area (Å²) in [5.74, 6) is 1.43. The van der Waals surface area contributed by atoms with E-state index in [1.807, 2.05) is 60.7 Å². The summed E-state index contributed by atoms with van der Waals surface area (Å²) in [5, 5.41) is 4.04. The van der Waals surface area contributed by atoms with E-state index in [2.05, 4.69) is 48.1 Å². The van der Waals surface area contributed by atoms with E-state index < -0.39 is 0 Å². The van der Waals surface area contributed by atoms with Crippen molar-refractivity contribution in [2.24, 2.45) is 5.92 Å². The van der Waals surface area contributed by atoms with Gasteiger partial charge < -0.3 is 9.88 Å². The van der Waals surface area contributed by atoms with E-state index in [9.17, 15) is 4.79 Å². The smallest absolute Gasteiger partial charge is 0.252 e. The van der Waals surface area contributed by atoms with Crippen LogP contribution >= 0.6 is 11.6 Å². The molecule has 0 aliphatic heterocycles. The van der Waals surface area contributed by atoms with Crippen LogP contribution in [0.15, 0.2) is 85.1 Å². The summed E-state index contributed by atoms with van der Waals surface area (Å²) in [4.78, 5) is 18.8. The number of benzene rings is 3. The molecule has 5 heteroatoms. The minimum atomic E-state index is -0.249. The molecule has 190 valence electrons. The van der Waals surface area contributed by atoms with Gasteiger partial charge in [0.05, 0.1) is 11.7 Å². The zero-order chi connectivity index (χ0) is 25.8. The van der Waals surface area contributed by atoms with E-state index in [4.69, 9.17) is 16.6 Å². The van der Waals surface area contributed by atoms with Gasteiger partial charge in [0.15, 0.2) is 0 Å². The molecule has 3 aromatic carbocycles. The van der Waals surface area contributed by atoms with Crippen LogP contribution in [0.4, 0.5) is 0 Å². The highest BCUT2D eigenvalue weighted by molar-refractivity contribution is 6.30. The van der Waals surface area contributed by atoms with E-state index in [0.29, 0.717) is 17.5 Å². The number of nitrogens with one attached hydrogen (secondary N) is 1. The summed E-state index contributed by atoms with van der Waals surface area (Å²) in [6.07, 6.45) is 6.85. The number of halogens is 1. The van der Waals surface area contributed by atoms with Crippen LogP contribution in [-0.4, -0.2) is 15.5 Å². The molecule has 0 unspecified atom stereocenters. The lowest BCUT2D eigenvalue weighted by Crippen LogP contribution is -2.34. The zero-order valence-electron chi connectivity index (χ0n) is 21.5. The van der Waals surface area contributed by atoms with E-state index in [0.717, 1.165) is 35.5 Å². The van der Waals surface area contributed by atoms with Crippen molar-refractivity contribution in [3.63, 3.8) is 0 Å². The minimum Gasteiger partial charge on any atom is -0.342 e. The predicted molar refractivity (Wildman–Crippen MR) is 151 cm³/mol. The topological polar surface area (TPSA) is 46.9 Å². The second-order valence-electron chi connectivity index (χ2n) is 10.4. The van der Waals surface area contributed by atoms with Crippen LogP contribution in [0.1, 0.15) is 78.8 Å². The lowest BCUT2D eigenvalue weighted by atomic mass is 9.92. The first kappa shape index (κ1) is 25.3. The van der Waals surface area contributed by atoms with Crippen LogP contribution in [0.5, 0.6) is 0 Å². The van der Waals surface area contributed by atoms with Crippen LogP contribution in [-0.2, 0) is 6.54 Å². The molecule has 4 aromatic rings. The minimum absolute atomic E-state index is 0.0280. The van der Waals surface area contributed by atoms with Crippen molar-refractivity contribution in [1.82, 2.24) is 14.9 Å². The van der Waals surface area contributed by atoms with E-state index in [1.165, 1.54) is 24.0 Å². The van der Waals surface area contributed by atoms with Gasteiger partial charge in [-0.15, -0.1) is 0 Å². The lowest BCUT2D eigenvalue weighted by Gasteiger charge is -2.24. The highest BCUT2D eigenvalue weighted by Gasteiger charge is 2.28. The third kappa shape index (κ3) is 5.80. The van der Waals surface area contributed by atoms with Crippen LogP contribution in [0.25, 0.3) is 11.3 Å². The predicted octanol–water partition coefficient (Wildman–Crippen LogP) is 8.04. The van der Waals surface area contributed by atoms with Crippen LogP contribution < -0.4 is 5.32 Å². The summed E-state index contributed by atoms with van der Waals surface area (Å²) in [6.45, 7) is 4.93. The van der Waals surface area contributed by atoms with Gasteiger partial charge in [0.1, 0.15) is 5.82 Å². The number of amides is 1. The van der Waals surface area contributed by atoms with Gasteiger partial charge >= 0.3 is 0 Å². The second kappa shape index (κ2) is 11.4. The molecule has 0 radical (unpaired) electrons. The van der Waals surface area contributed by atoms with Crippen molar-refractivity contribution in [2.45, 2.75) is 58.0 Å². The van der Waals surface area contributed by atoms with Gasteiger partial charge in [0.2, 0.25) is 0 Å². The maximum absolute atomic E-state index is 13.7. The Hall–Kier alpha value is -3.37. The van der Waals surface area contributed by atoms with Gasteiger partial charge in [-0.1, -0.05) is 99.0 Å². The Morgan fingerprint density at radius 3 is 2.46 bits per heavy atom. The fourth-order valence-electron chi connectivity index (χ4n) is 5.42. The Kier molecular flexibility index (Phi) is 7.76. The number of hydrogen-bond donors (Lipinski definition) is 1. The molecule has 5 rings (SSSR count). The van der Waals surface area contributed by atoms with E-state index >= 15 is 0 Å². The van der Waals surface area contributed by atoms with Crippen molar-refractivity contribution in [3.05, 3.63) is 113 Å². The second-order valence-corrected chi connectivity index (χ2v) is 10.8. The average molecular weight is 512 g/mol. The summed E-state index contributed by atoms with van der Waals surface area (Å²) >= 11 is 6.30. The average Bonchev–Trinajstić information content (AvgIpc) is 3.58. The Labute approximate surface area is 224 Å². The molecule has 1 atom stereocenters. The largest absolute Gasteiger partial charge is 0.342 e. The first-order valence-electron chi connectivity index (χ1n) is 13.3. The maximum Gasteiger partial charge on any atom is 0.252 e. The molecule has 0 saturated heterocycles. The van der Waals surface area contributed by atoms with Crippen LogP contribution in [0, 0.1) is 5.92 Å². The number of imidazole rings is 1. The van der Waals surface area contributed by atoms with Gasteiger partial charge in [0.25, 0.3) is 5.91 Å². The zero-order valence-corrected chi connectivity index (χ0v) is 22.3. The highest BCUT2D eigenvalue weighted by atomic mass is 35.5. The Morgan fingerprint density at radius 1 is 1.00 bits per heavy atom. The van der Waals surface area contributed by atoms with Gasteiger partial charge in [0, 0.05) is 28.9 Å². The van der Waals surface area contributed by atoms with Crippen molar-refractivity contribution >= 4 is 17.5 Å². The molecule has 1 fully saturated rings. The highest BCUT2D eigenvalue weighted by Crippen LogP contribution is 2.36. The summed E-state index contributed by atoms with van der Waals surface area (Å²) in [6, 6.07) is 26.0. The van der Waals surface area contributed by atoms with Gasteiger partial charge in [-0.05, 0) is 54.0 Å². The SMILES string of the molecule is CC(C)[C@@H](NC(=O)c1ccccc1C1CCCC1)c1nc(-c2cccc(Cl)c2)cn1Cc1ccccc1. The Morgan fingerprint density at radius 2 is 1.73 bits per heavy atom. The van der Waals surface area contributed by atoms with E-state index in [-0.39, 0.29) is 17.9 Å². The van der Waals surface area contributed by atoms with Crippen molar-refractivity contribution in [3.8, 4) is 11.3 Å². The van der Waals surface area contributed by atoms with Gasteiger partial charge in [-0.25, -0.2) is 4.98 Å². The standard InChI is InChI=1S/C32H34ClN3O/c1-22(2)30(35-32(37)28-18-9-8-17-27(28)24-13-6-7-14-24)31-34-29(25-15-10-16-26(33)19-25)21-36(31)20-23-11-4-3-5-12-23/h3-5,8-12,15-19,21-22,24,30H,6-7,13-14,20H2,1-2H3,(H,35,37)/t30-/m1/s1. The van der Waals surface area contributed by atoms with Crippen LogP contribution in [0.2, 0.25) is 5.02 Å². The summed E-state index contributed by atoms with van der Waals surface area (Å²) in [5.41, 5.74) is 4.95. The molecule has 0 bridgehead atoms.